The number of nitrogens with zero attached hydrogens (tertiary/aromatic N) is 3. The number of hydrogen-bond donors (Lipinski definition) is 0. The molecule has 0 atom stereocenters. The van der Waals surface area contributed by atoms with E-state index in [0.29, 0.717) is 28.6 Å². The lowest BCUT2D eigenvalue weighted by Crippen LogP contribution is -1.96. The van der Waals surface area contributed by atoms with Crippen LogP contribution in [0.15, 0.2) is 138 Å². The monoisotopic (exact) mass is 551 g/mol. The average Bonchev–Trinajstić information content (AvgIpc) is 3.49. The molecule has 5 nitrogen and oxygen atoms in total. The maximum atomic E-state index is 6.02. The first-order valence-electron chi connectivity index (χ1n) is 13.1. The molecule has 0 spiro atoms. The van der Waals surface area contributed by atoms with Gasteiger partial charge in [0, 0.05) is 16.7 Å². The van der Waals surface area contributed by atoms with Crippen molar-refractivity contribution in [1.82, 2.24) is 15.0 Å². The summed E-state index contributed by atoms with van der Waals surface area (Å²) < 4.78 is 11.2. The van der Waals surface area contributed by atoms with Crippen LogP contribution in [0.4, 0.5) is 0 Å². The molecule has 0 aliphatic rings. The zero-order valence-electron chi connectivity index (χ0n) is 21.7. The second-order valence-electron chi connectivity index (χ2n) is 9.55. The number of halogens is 1. The van der Waals surface area contributed by atoms with E-state index in [-0.39, 0.29) is 0 Å². The van der Waals surface area contributed by atoms with Gasteiger partial charge < -0.3 is 8.71 Å². The van der Waals surface area contributed by atoms with E-state index in [4.69, 9.17) is 30.5 Å². The zero-order valence-corrected chi connectivity index (χ0v) is 22.5. The summed E-state index contributed by atoms with van der Waals surface area (Å²) in [6.45, 7) is 0. The van der Waals surface area contributed by atoms with E-state index in [1.807, 2.05) is 97.1 Å². The van der Waals surface area contributed by atoms with Gasteiger partial charge in [0.25, 0.3) is 0 Å². The highest BCUT2D eigenvalue weighted by molar-refractivity contribution is 6.09. The lowest BCUT2D eigenvalue weighted by Gasteiger charge is -2.11. The third kappa shape index (κ3) is 4.95. The van der Waals surface area contributed by atoms with Crippen LogP contribution in [0.3, 0.4) is 0 Å². The number of oxazole rings is 1. The van der Waals surface area contributed by atoms with Gasteiger partial charge in [0.15, 0.2) is 17.2 Å². The van der Waals surface area contributed by atoms with Gasteiger partial charge in [0.1, 0.15) is 17.4 Å². The highest BCUT2D eigenvalue weighted by Crippen LogP contribution is 2.37. The maximum Gasteiger partial charge on any atom is 0.231 e. The Labute approximate surface area is 241 Å². The van der Waals surface area contributed by atoms with Crippen molar-refractivity contribution in [3.05, 3.63) is 133 Å². The van der Waals surface area contributed by atoms with Crippen molar-refractivity contribution in [3.63, 3.8) is 0 Å². The third-order valence-corrected chi connectivity index (χ3v) is 7.07. The van der Waals surface area contributed by atoms with Crippen LogP contribution in [0, 0.1) is 0 Å². The predicted octanol–water partition coefficient (Wildman–Crippen LogP) is 9.49. The smallest absolute Gasteiger partial charge is 0.231 e. The molecule has 0 N–H and O–H groups in total. The Morgan fingerprint density at radius 3 is 1.80 bits per heavy atom. The molecule has 0 fully saturated rings. The highest BCUT2D eigenvalue weighted by atomic mass is 35.5. The fourth-order valence-corrected chi connectivity index (χ4v) is 4.99. The standard InChI is InChI=1S/C35H22ClN3O2/c36-41-32-19-18-26(21-28(32)35-39-29-16-7-8-17-33(29)40-35)25-14-9-15-27(20-25)34-37-30(23-10-3-1-4-11-23)22-31(38-34)24-12-5-2-6-13-24/h1-22H. The normalized spacial score (nSPS) is 11.0. The minimum atomic E-state index is 0.436. The Morgan fingerprint density at radius 2 is 1.12 bits per heavy atom. The molecule has 2 aromatic heterocycles. The van der Waals surface area contributed by atoms with Crippen LogP contribution < -0.4 is 4.29 Å². The van der Waals surface area contributed by atoms with Crippen LogP contribution in [0.25, 0.3) is 67.6 Å². The molecule has 0 aliphatic carbocycles. The number of benzene rings is 5. The van der Waals surface area contributed by atoms with E-state index >= 15 is 0 Å². The first-order chi connectivity index (χ1) is 20.2. The summed E-state index contributed by atoms with van der Waals surface area (Å²) in [7, 11) is 0. The molecule has 0 aliphatic heterocycles. The van der Waals surface area contributed by atoms with Gasteiger partial charge in [-0.1, -0.05) is 97.1 Å². The Bertz CT molecular complexity index is 1900. The van der Waals surface area contributed by atoms with Gasteiger partial charge in [-0.2, -0.15) is 0 Å². The minimum absolute atomic E-state index is 0.436. The Balaban J connectivity index is 1.33. The Morgan fingerprint density at radius 1 is 0.512 bits per heavy atom. The summed E-state index contributed by atoms with van der Waals surface area (Å²) in [6.07, 6.45) is 0. The summed E-state index contributed by atoms with van der Waals surface area (Å²) in [4.78, 5) is 14.6. The third-order valence-electron chi connectivity index (χ3n) is 6.91. The second-order valence-corrected chi connectivity index (χ2v) is 9.70. The van der Waals surface area contributed by atoms with Crippen molar-refractivity contribution in [2.75, 3.05) is 0 Å². The van der Waals surface area contributed by atoms with Crippen molar-refractivity contribution in [3.8, 4) is 62.2 Å². The van der Waals surface area contributed by atoms with Crippen LogP contribution in [0.2, 0.25) is 0 Å². The van der Waals surface area contributed by atoms with Gasteiger partial charge in [0.05, 0.1) is 17.0 Å². The lowest BCUT2D eigenvalue weighted by molar-refractivity contribution is 0.595. The van der Waals surface area contributed by atoms with Crippen molar-refractivity contribution >= 4 is 23.0 Å². The molecular weight excluding hydrogens is 530 g/mol. The van der Waals surface area contributed by atoms with E-state index in [2.05, 4.69) is 41.4 Å². The summed E-state index contributed by atoms with van der Waals surface area (Å²) in [5, 5.41) is 0. The van der Waals surface area contributed by atoms with E-state index in [1.165, 1.54) is 0 Å². The second kappa shape index (κ2) is 10.7. The summed E-state index contributed by atoms with van der Waals surface area (Å²) in [6, 6.07) is 43.9. The van der Waals surface area contributed by atoms with E-state index < -0.39 is 0 Å². The molecule has 0 unspecified atom stereocenters. The Kier molecular flexibility index (Phi) is 6.47. The maximum absolute atomic E-state index is 6.02. The summed E-state index contributed by atoms with van der Waals surface area (Å²) >= 11 is 5.83. The molecule has 0 amide bonds. The molecule has 0 radical (unpaired) electrons. The van der Waals surface area contributed by atoms with E-state index in [1.54, 1.807) is 0 Å². The summed E-state index contributed by atoms with van der Waals surface area (Å²) in [5.74, 6) is 1.54. The van der Waals surface area contributed by atoms with Gasteiger partial charge in [-0.15, -0.1) is 0 Å². The van der Waals surface area contributed by atoms with Crippen LogP contribution in [0.5, 0.6) is 5.75 Å². The lowest BCUT2D eigenvalue weighted by atomic mass is 10.00. The van der Waals surface area contributed by atoms with Crippen LogP contribution in [-0.4, -0.2) is 15.0 Å². The van der Waals surface area contributed by atoms with Gasteiger partial charge in [0.2, 0.25) is 5.89 Å². The van der Waals surface area contributed by atoms with Gasteiger partial charge in [-0.05, 0) is 47.5 Å². The fraction of sp³-hybridized carbons (Fsp3) is 0. The molecule has 2 heterocycles. The van der Waals surface area contributed by atoms with Crippen LogP contribution in [-0.2, 0) is 0 Å². The average molecular weight is 552 g/mol. The number of fused-ring (bicyclic) bond motifs is 1. The van der Waals surface area contributed by atoms with Crippen molar-refractivity contribution < 1.29 is 8.71 Å². The zero-order chi connectivity index (χ0) is 27.6. The van der Waals surface area contributed by atoms with Crippen molar-refractivity contribution in [1.29, 1.82) is 0 Å². The number of para-hydroxylation sites is 2. The molecular formula is C35H22ClN3O2. The molecule has 6 heteroatoms. The Hall–Kier alpha value is -5.26. The van der Waals surface area contributed by atoms with E-state index in [0.717, 1.165) is 44.7 Å². The number of rotatable bonds is 6. The predicted molar refractivity (Wildman–Crippen MR) is 163 cm³/mol. The molecule has 7 aromatic rings. The molecule has 0 saturated carbocycles. The van der Waals surface area contributed by atoms with Gasteiger partial charge >= 0.3 is 0 Å². The van der Waals surface area contributed by atoms with E-state index in [9.17, 15) is 0 Å². The fourth-order valence-electron chi connectivity index (χ4n) is 4.86. The van der Waals surface area contributed by atoms with Gasteiger partial charge in [-0.3, -0.25) is 0 Å². The molecule has 196 valence electrons. The number of aromatic nitrogens is 3. The SMILES string of the molecule is ClOc1ccc(-c2cccc(-c3nc(-c4ccccc4)cc(-c4ccccc4)n3)c2)cc1-c1nc2ccccc2o1. The molecule has 5 aromatic carbocycles. The number of hydrogen-bond acceptors (Lipinski definition) is 5. The largest absolute Gasteiger partial charge is 0.436 e. The van der Waals surface area contributed by atoms with Crippen LogP contribution >= 0.6 is 11.9 Å². The van der Waals surface area contributed by atoms with Crippen molar-refractivity contribution in [2.24, 2.45) is 0 Å². The molecule has 41 heavy (non-hydrogen) atoms. The molecule has 0 bridgehead atoms. The molecule has 0 saturated heterocycles. The quantitative estimate of drug-likeness (QED) is 0.206. The highest BCUT2D eigenvalue weighted by Gasteiger charge is 2.16. The first kappa shape index (κ1) is 24.8. The molecule has 7 rings (SSSR count). The first-order valence-corrected chi connectivity index (χ1v) is 13.5. The minimum Gasteiger partial charge on any atom is -0.436 e. The topological polar surface area (TPSA) is 61.0 Å². The summed E-state index contributed by atoms with van der Waals surface area (Å²) in [5.41, 5.74) is 8.74. The van der Waals surface area contributed by atoms with Gasteiger partial charge in [-0.25, -0.2) is 15.0 Å². The van der Waals surface area contributed by atoms with Crippen molar-refractivity contribution in [2.45, 2.75) is 0 Å². The van der Waals surface area contributed by atoms with Crippen LogP contribution in [0.1, 0.15) is 0 Å².